The van der Waals surface area contributed by atoms with Gasteiger partial charge in [-0.25, -0.2) is 0 Å². The maximum absolute atomic E-state index is 12.1. The van der Waals surface area contributed by atoms with Gasteiger partial charge in [0.15, 0.2) is 5.75 Å². The monoisotopic (exact) mass is 382 g/mol. The molecular weight excluding hydrogens is 379 g/mol. The van der Waals surface area contributed by atoms with Crippen molar-refractivity contribution in [2.24, 2.45) is 0 Å². The molecule has 0 amide bonds. The molecule has 0 saturated heterocycles. The Hall–Kier alpha value is -0.840. The molecule has 0 saturated carbocycles. The normalized spacial score (nSPS) is 11.4. The van der Waals surface area contributed by atoms with Gasteiger partial charge in [0, 0.05) is 34.2 Å². The minimum atomic E-state index is -4.90. The summed E-state index contributed by atoms with van der Waals surface area (Å²) in [4.78, 5) is 13.0. The van der Waals surface area contributed by atoms with E-state index in [0.29, 0.717) is 0 Å². The third kappa shape index (κ3) is 3.84. The second-order valence-corrected chi connectivity index (χ2v) is 3.99. The van der Waals surface area contributed by atoms with E-state index in [0.717, 1.165) is 6.07 Å². The van der Waals surface area contributed by atoms with Crippen LogP contribution in [-0.4, -0.2) is 16.3 Å². The van der Waals surface area contributed by atoms with Crippen LogP contribution in [0.5, 0.6) is 5.75 Å². The molecule has 94 valence electrons. The largest absolute Gasteiger partial charge is 0.573 e. The van der Waals surface area contributed by atoms with Crippen molar-refractivity contribution in [3.63, 3.8) is 0 Å². The lowest BCUT2D eigenvalue weighted by Crippen LogP contribution is -2.19. The van der Waals surface area contributed by atoms with Crippen LogP contribution < -0.4 is 4.74 Å². The maximum atomic E-state index is 12.1. The van der Waals surface area contributed by atoms with Gasteiger partial charge < -0.3 is 14.9 Å². The van der Waals surface area contributed by atoms with Crippen LogP contribution in [0.15, 0.2) is 6.07 Å². The quantitative estimate of drug-likeness (QED) is 0.265. The highest BCUT2D eigenvalue weighted by Gasteiger charge is 2.35. The third-order valence-corrected chi connectivity index (χ3v) is 2.56. The fourth-order valence-corrected chi connectivity index (χ4v) is 1.86. The summed E-state index contributed by atoms with van der Waals surface area (Å²) in [5, 5.41) is 10.5. The number of hydrogen-bond acceptors (Lipinski definition) is 4. The molecule has 0 N–H and O–H groups in total. The van der Waals surface area contributed by atoms with E-state index in [1.165, 1.54) is 22.6 Å². The molecule has 0 radical (unpaired) electrons. The zero-order valence-electron chi connectivity index (χ0n) is 7.79. The van der Waals surface area contributed by atoms with Crippen LogP contribution in [0.1, 0.15) is 5.56 Å². The summed E-state index contributed by atoms with van der Waals surface area (Å²) in [6.07, 6.45) is -4.90. The molecule has 0 spiro atoms. The number of aromatic nitrogens is 1. The molecule has 0 atom stereocenters. The van der Waals surface area contributed by atoms with E-state index in [9.17, 15) is 23.3 Å². The SMILES string of the molecule is O=[N+]([O-])c1cc(CCl)c(OC(F)(F)F)c(I)n1. The summed E-state index contributed by atoms with van der Waals surface area (Å²) in [5.74, 6) is -1.55. The zero-order valence-corrected chi connectivity index (χ0v) is 10.7. The van der Waals surface area contributed by atoms with Gasteiger partial charge in [0.1, 0.15) is 0 Å². The van der Waals surface area contributed by atoms with Gasteiger partial charge in [0.2, 0.25) is 0 Å². The third-order valence-electron chi connectivity index (χ3n) is 1.54. The Balaban J connectivity index is 3.26. The van der Waals surface area contributed by atoms with Gasteiger partial charge in [0.25, 0.3) is 3.70 Å². The van der Waals surface area contributed by atoms with Gasteiger partial charge in [0.05, 0.1) is 5.88 Å². The second kappa shape index (κ2) is 5.21. The summed E-state index contributed by atoms with van der Waals surface area (Å²) in [6, 6.07) is 0.843. The first kappa shape index (κ1) is 14.2. The fourth-order valence-electron chi connectivity index (χ4n) is 0.954. The van der Waals surface area contributed by atoms with Crippen LogP contribution in [0.2, 0.25) is 0 Å². The molecule has 0 aromatic carbocycles. The summed E-state index contributed by atoms with van der Waals surface area (Å²) >= 11 is 6.82. The van der Waals surface area contributed by atoms with Crippen LogP contribution in [0.4, 0.5) is 19.0 Å². The number of halogens is 5. The summed E-state index contributed by atoms with van der Waals surface area (Å²) in [5.41, 5.74) is -0.143. The van der Waals surface area contributed by atoms with Crippen molar-refractivity contribution in [3.05, 3.63) is 25.4 Å². The van der Waals surface area contributed by atoms with Crippen LogP contribution in [-0.2, 0) is 5.88 Å². The van der Waals surface area contributed by atoms with Gasteiger partial charge in [-0.05, 0) is 9.91 Å². The summed E-state index contributed by atoms with van der Waals surface area (Å²) in [6.45, 7) is 0. The lowest BCUT2D eigenvalue weighted by atomic mass is 10.2. The lowest BCUT2D eigenvalue weighted by Gasteiger charge is -2.11. The zero-order chi connectivity index (χ0) is 13.2. The van der Waals surface area contributed by atoms with Crippen molar-refractivity contribution in [2.45, 2.75) is 12.2 Å². The van der Waals surface area contributed by atoms with Crippen LogP contribution in [0.25, 0.3) is 0 Å². The first-order valence-corrected chi connectivity index (χ1v) is 5.51. The molecular formula is C7H3ClF3IN2O3. The minimum Gasteiger partial charge on any atom is -0.400 e. The highest BCUT2D eigenvalue weighted by Crippen LogP contribution is 2.33. The molecule has 1 aromatic rings. The Labute approximate surface area is 111 Å². The minimum absolute atomic E-state index is 0.143. The van der Waals surface area contributed by atoms with Crippen LogP contribution >= 0.6 is 34.2 Å². The summed E-state index contributed by atoms with van der Waals surface area (Å²) in [7, 11) is 0. The molecule has 0 aliphatic carbocycles. The van der Waals surface area contributed by atoms with E-state index in [-0.39, 0.29) is 15.1 Å². The maximum Gasteiger partial charge on any atom is 0.573 e. The molecule has 17 heavy (non-hydrogen) atoms. The van der Waals surface area contributed by atoms with Crippen LogP contribution in [0, 0.1) is 13.8 Å². The van der Waals surface area contributed by atoms with Crippen LogP contribution in [0.3, 0.4) is 0 Å². The number of pyridine rings is 1. The van der Waals surface area contributed by atoms with E-state index in [2.05, 4.69) is 9.72 Å². The summed E-state index contributed by atoms with van der Waals surface area (Å²) < 4.78 is 39.6. The number of nitro groups is 1. The molecule has 0 aliphatic heterocycles. The molecule has 0 unspecified atom stereocenters. The number of alkyl halides is 4. The van der Waals surface area contributed by atoms with E-state index >= 15 is 0 Å². The average molecular weight is 382 g/mol. The lowest BCUT2D eigenvalue weighted by molar-refractivity contribution is -0.389. The molecule has 1 heterocycles. The Kier molecular flexibility index (Phi) is 4.36. The molecule has 0 fully saturated rings. The molecule has 0 bridgehead atoms. The number of ether oxygens (including phenoxy) is 1. The van der Waals surface area contributed by atoms with Crippen molar-refractivity contribution in [2.75, 3.05) is 0 Å². The van der Waals surface area contributed by atoms with Crippen molar-refractivity contribution < 1.29 is 22.8 Å². The van der Waals surface area contributed by atoms with E-state index in [1.807, 2.05) is 0 Å². The molecule has 0 aliphatic rings. The van der Waals surface area contributed by atoms with Gasteiger partial charge >= 0.3 is 12.2 Å². The van der Waals surface area contributed by atoms with Crippen molar-refractivity contribution in [3.8, 4) is 5.75 Å². The van der Waals surface area contributed by atoms with Crippen molar-refractivity contribution in [1.82, 2.24) is 4.98 Å². The first-order chi connectivity index (χ1) is 7.74. The molecule has 1 aromatic heterocycles. The fraction of sp³-hybridized carbons (Fsp3) is 0.286. The van der Waals surface area contributed by atoms with E-state index < -0.39 is 22.9 Å². The van der Waals surface area contributed by atoms with Crippen molar-refractivity contribution >= 4 is 40.0 Å². The Morgan fingerprint density at radius 2 is 2.18 bits per heavy atom. The van der Waals surface area contributed by atoms with E-state index in [4.69, 9.17) is 11.6 Å². The second-order valence-electron chi connectivity index (χ2n) is 2.70. The first-order valence-electron chi connectivity index (χ1n) is 3.90. The Morgan fingerprint density at radius 3 is 2.59 bits per heavy atom. The number of nitrogens with zero attached hydrogens (tertiary/aromatic N) is 2. The number of hydrogen-bond donors (Lipinski definition) is 0. The standard InChI is InChI=1S/C7H3ClF3IN2O3/c8-2-3-1-4(14(15)16)13-6(12)5(3)17-7(9,10)11/h1H,2H2. The Bertz CT molecular complexity index is 455. The smallest absolute Gasteiger partial charge is 0.400 e. The van der Waals surface area contributed by atoms with Crippen molar-refractivity contribution in [1.29, 1.82) is 0 Å². The average Bonchev–Trinajstić information content (AvgIpc) is 2.18. The molecule has 5 nitrogen and oxygen atoms in total. The molecule has 10 heteroatoms. The highest BCUT2D eigenvalue weighted by atomic mass is 127. The topological polar surface area (TPSA) is 65.3 Å². The van der Waals surface area contributed by atoms with Gasteiger partial charge in [-0.3, -0.25) is 0 Å². The predicted molar refractivity (Wildman–Crippen MR) is 59.8 cm³/mol. The van der Waals surface area contributed by atoms with Gasteiger partial charge in [-0.15, -0.1) is 24.8 Å². The van der Waals surface area contributed by atoms with Gasteiger partial charge in [-0.2, -0.15) is 0 Å². The van der Waals surface area contributed by atoms with Gasteiger partial charge in [-0.1, -0.05) is 0 Å². The Morgan fingerprint density at radius 1 is 1.59 bits per heavy atom. The number of rotatable bonds is 3. The predicted octanol–water partition coefficient (Wildman–Crippen LogP) is 3.23. The van der Waals surface area contributed by atoms with E-state index in [1.54, 1.807) is 0 Å². The highest BCUT2D eigenvalue weighted by molar-refractivity contribution is 14.1. The molecule has 1 rings (SSSR count).